The van der Waals surface area contributed by atoms with Gasteiger partial charge in [0, 0.05) is 24.4 Å². The minimum atomic E-state index is -1.02. The van der Waals surface area contributed by atoms with Crippen LogP contribution in [0.5, 0.6) is 11.5 Å². The van der Waals surface area contributed by atoms with Crippen LogP contribution in [0, 0.1) is 17.5 Å². The fraction of sp³-hybridized carbons (Fsp3) is 0.214. The quantitative estimate of drug-likeness (QED) is 0.921. The summed E-state index contributed by atoms with van der Waals surface area (Å²) in [6, 6.07) is 2.80. The van der Waals surface area contributed by atoms with Gasteiger partial charge in [0.15, 0.2) is 23.1 Å². The van der Waals surface area contributed by atoms with Crippen LogP contribution in [0.2, 0.25) is 0 Å². The zero-order valence-corrected chi connectivity index (χ0v) is 11.4. The number of aromatic nitrogens is 1. The number of benzene rings is 1. The Morgan fingerprint density at radius 1 is 1.10 bits per heavy atom. The molecule has 0 aliphatic rings. The van der Waals surface area contributed by atoms with Crippen LogP contribution in [0.15, 0.2) is 24.4 Å². The second kappa shape index (κ2) is 6.34. The molecule has 1 N–H and O–H groups in total. The maximum atomic E-state index is 13.5. The Bertz CT molecular complexity index is 627. The second-order valence-corrected chi connectivity index (χ2v) is 4.09. The molecule has 0 saturated carbocycles. The summed E-state index contributed by atoms with van der Waals surface area (Å²) < 4.78 is 50.1. The average molecular weight is 298 g/mol. The Morgan fingerprint density at radius 2 is 1.76 bits per heavy atom. The molecule has 1 heterocycles. The minimum absolute atomic E-state index is 0.0140. The number of hydrogen-bond donors (Lipinski definition) is 1. The van der Waals surface area contributed by atoms with Crippen molar-refractivity contribution in [1.29, 1.82) is 0 Å². The molecular weight excluding hydrogens is 285 g/mol. The molecule has 1 aromatic heterocycles. The van der Waals surface area contributed by atoms with E-state index in [4.69, 9.17) is 9.47 Å². The van der Waals surface area contributed by atoms with Gasteiger partial charge in [-0.15, -0.1) is 0 Å². The van der Waals surface area contributed by atoms with E-state index in [1.165, 1.54) is 20.4 Å². The highest BCUT2D eigenvalue weighted by molar-refractivity contribution is 5.49. The van der Waals surface area contributed by atoms with Crippen molar-refractivity contribution in [3.05, 3.63) is 47.5 Å². The molecule has 4 nitrogen and oxygen atoms in total. The number of hydrogen-bond acceptors (Lipinski definition) is 4. The van der Waals surface area contributed by atoms with Gasteiger partial charge in [0.1, 0.15) is 17.2 Å². The number of rotatable bonds is 5. The van der Waals surface area contributed by atoms with Crippen molar-refractivity contribution in [1.82, 2.24) is 4.98 Å². The molecule has 0 bridgehead atoms. The van der Waals surface area contributed by atoms with Crippen molar-refractivity contribution in [2.75, 3.05) is 19.5 Å². The number of nitrogens with zero attached hydrogens (tertiary/aromatic N) is 1. The fourth-order valence-corrected chi connectivity index (χ4v) is 1.86. The maximum Gasteiger partial charge on any atom is 0.184 e. The Morgan fingerprint density at radius 3 is 2.33 bits per heavy atom. The van der Waals surface area contributed by atoms with Crippen molar-refractivity contribution in [2.24, 2.45) is 0 Å². The van der Waals surface area contributed by atoms with Crippen LogP contribution in [0.25, 0.3) is 0 Å². The first-order chi connectivity index (χ1) is 10.1. The summed E-state index contributed by atoms with van der Waals surface area (Å²) in [5.74, 6) is -2.21. The molecule has 2 rings (SSSR count). The Labute approximate surface area is 119 Å². The van der Waals surface area contributed by atoms with Gasteiger partial charge in [0.2, 0.25) is 0 Å². The van der Waals surface area contributed by atoms with Gasteiger partial charge >= 0.3 is 0 Å². The molecule has 0 aliphatic heterocycles. The molecule has 21 heavy (non-hydrogen) atoms. The number of nitrogens with one attached hydrogen (secondary N) is 1. The summed E-state index contributed by atoms with van der Waals surface area (Å²) >= 11 is 0. The molecule has 1 aromatic carbocycles. The molecule has 2 aromatic rings. The summed E-state index contributed by atoms with van der Waals surface area (Å²) in [6.45, 7) is -0.0140. The second-order valence-electron chi connectivity index (χ2n) is 4.09. The van der Waals surface area contributed by atoms with Crippen LogP contribution in [0.3, 0.4) is 0 Å². The van der Waals surface area contributed by atoms with Crippen molar-refractivity contribution >= 4 is 5.69 Å². The molecule has 0 spiro atoms. The molecule has 0 aliphatic carbocycles. The number of halogens is 3. The molecule has 0 amide bonds. The predicted molar refractivity (Wildman–Crippen MR) is 71.0 cm³/mol. The molecule has 0 unspecified atom stereocenters. The van der Waals surface area contributed by atoms with Gasteiger partial charge in [0.25, 0.3) is 0 Å². The third kappa shape index (κ3) is 3.18. The summed E-state index contributed by atoms with van der Waals surface area (Å²) in [7, 11) is 2.90. The first-order valence-electron chi connectivity index (χ1n) is 6.01. The standard InChI is InChI=1S/C14H13F3N2O2/c1-20-12-3-4-18-11(14(12)21-2)7-19-13-9(16)5-8(15)6-10(13)17/h3-6,19H,7H2,1-2H3. The highest BCUT2D eigenvalue weighted by atomic mass is 19.1. The Balaban J connectivity index is 2.25. The third-order valence-electron chi connectivity index (χ3n) is 2.81. The van der Waals surface area contributed by atoms with Gasteiger partial charge in [-0.2, -0.15) is 0 Å². The number of anilines is 1. The highest BCUT2D eigenvalue weighted by Crippen LogP contribution is 2.30. The summed E-state index contributed by atoms with van der Waals surface area (Å²) in [5, 5.41) is 2.54. The van der Waals surface area contributed by atoms with E-state index in [1.54, 1.807) is 6.07 Å². The van der Waals surface area contributed by atoms with Gasteiger partial charge in [-0.25, -0.2) is 13.2 Å². The van der Waals surface area contributed by atoms with E-state index in [-0.39, 0.29) is 6.54 Å². The van der Waals surface area contributed by atoms with Crippen molar-refractivity contribution < 1.29 is 22.6 Å². The summed E-state index contributed by atoms with van der Waals surface area (Å²) in [6.07, 6.45) is 1.48. The van der Waals surface area contributed by atoms with Crippen LogP contribution in [-0.2, 0) is 6.54 Å². The molecule has 7 heteroatoms. The van der Waals surface area contributed by atoms with Crippen LogP contribution in [-0.4, -0.2) is 19.2 Å². The van der Waals surface area contributed by atoms with Crippen molar-refractivity contribution in [3.63, 3.8) is 0 Å². The minimum Gasteiger partial charge on any atom is -0.493 e. The monoisotopic (exact) mass is 298 g/mol. The third-order valence-corrected chi connectivity index (χ3v) is 2.81. The van der Waals surface area contributed by atoms with Gasteiger partial charge in [0.05, 0.1) is 20.8 Å². The molecule has 0 fully saturated rings. The smallest absolute Gasteiger partial charge is 0.184 e. The Kier molecular flexibility index (Phi) is 4.52. The molecule has 0 radical (unpaired) electrons. The number of pyridine rings is 1. The van der Waals surface area contributed by atoms with Crippen molar-refractivity contribution in [3.8, 4) is 11.5 Å². The van der Waals surface area contributed by atoms with E-state index in [1.807, 2.05) is 0 Å². The van der Waals surface area contributed by atoms with Gasteiger partial charge in [-0.1, -0.05) is 0 Å². The first kappa shape index (κ1) is 15.0. The molecule has 0 saturated heterocycles. The van der Waals surface area contributed by atoms with E-state index in [2.05, 4.69) is 10.3 Å². The lowest BCUT2D eigenvalue weighted by molar-refractivity contribution is 0.350. The zero-order valence-electron chi connectivity index (χ0n) is 11.4. The lowest BCUT2D eigenvalue weighted by Crippen LogP contribution is -2.08. The first-order valence-corrected chi connectivity index (χ1v) is 6.01. The highest BCUT2D eigenvalue weighted by Gasteiger charge is 2.14. The van der Waals surface area contributed by atoms with E-state index < -0.39 is 23.1 Å². The van der Waals surface area contributed by atoms with Crippen LogP contribution >= 0.6 is 0 Å². The van der Waals surface area contributed by atoms with Gasteiger partial charge < -0.3 is 14.8 Å². The van der Waals surface area contributed by atoms with E-state index in [9.17, 15) is 13.2 Å². The van der Waals surface area contributed by atoms with Crippen LogP contribution in [0.1, 0.15) is 5.69 Å². The maximum absolute atomic E-state index is 13.5. The lowest BCUT2D eigenvalue weighted by atomic mass is 10.2. The summed E-state index contributed by atoms with van der Waals surface area (Å²) in [5.41, 5.74) is -0.0250. The molecule has 0 atom stereocenters. The topological polar surface area (TPSA) is 43.4 Å². The van der Waals surface area contributed by atoms with Gasteiger partial charge in [-0.05, 0) is 0 Å². The normalized spacial score (nSPS) is 10.3. The average Bonchev–Trinajstić information content (AvgIpc) is 2.45. The van der Waals surface area contributed by atoms with E-state index in [0.717, 1.165) is 0 Å². The SMILES string of the molecule is COc1ccnc(CNc2c(F)cc(F)cc2F)c1OC. The Hall–Kier alpha value is -2.44. The van der Waals surface area contributed by atoms with Gasteiger partial charge in [-0.3, -0.25) is 4.98 Å². The lowest BCUT2D eigenvalue weighted by Gasteiger charge is -2.13. The largest absolute Gasteiger partial charge is 0.493 e. The molecule has 112 valence electrons. The van der Waals surface area contributed by atoms with Crippen molar-refractivity contribution in [2.45, 2.75) is 6.54 Å². The zero-order chi connectivity index (χ0) is 15.4. The van der Waals surface area contributed by atoms with E-state index in [0.29, 0.717) is 29.3 Å². The van der Waals surface area contributed by atoms with Crippen LogP contribution < -0.4 is 14.8 Å². The number of ether oxygens (including phenoxy) is 2. The summed E-state index contributed by atoms with van der Waals surface area (Å²) in [4.78, 5) is 4.06. The predicted octanol–water partition coefficient (Wildman–Crippen LogP) is 3.13. The fourth-order valence-electron chi connectivity index (χ4n) is 1.86. The number of methoxy groups -OCH3 is 2. The van der Waals surface area contributed by atoms with Crippen LogP contribution in [0.4, 0.5) is 18.9 Å². The van der Waals surface area contributed by atoms with E-state index >= 15 is 0 Å². The molecular formula is C14H13F3N2O2.